The molecule has 0 aromatic heterocycles. The van der Waals surface area contributed by atoms with Gasteiger partial charge in [0.1, 0.15) is 0 Å². The van der Waals surface area contributed by atoms with Crippen LogP contribution in [0.1, 0.15) is 20.3 Å². The summed E-state index contributed by atoms with van der Waals surface area (Å²) in [5.41, 5.74) is 0. The van der Waals surface area contributed by atoms with E-state index in [4.69, 9.17) is 0 Å². The van der Waals surface area contributed by atoms with E-state index in [1.807, 2.05) is 47.5 Å². The molecule has 0 saturated carbocycles. The Morgan fingerprint density at radius 2 is 1.45 bits per heavy atom. The van der Waals surface area contributed by atoms with Crippen LogP contribution in [0.5, 0.6) is 0 Å². The Kier molecular flexibility index (Phi) is 6.78. The quantitative estimate of drug-likeness (QED) is 0.740. The van der Waals surface area contributed by atoms with E-state index in [9.17, 15) is 9.59 Å². The van der Waals surface area contributed by atoms with Crippen molar-refractivity contribution in [2.75, 3.05) is 59.9 Å². The van der Waals surface area contributed by atoms with Crippen LogP contribution in [0.4, 0.5) is 4.79 Å². The lowest BCUT2D eigenvalue weighted by molar-refractivity contribution is -0.132. The van der Waals surface area contributed by atoms with Crippen molar-refractivity contribution in [2.45, 2.75) is 20.3 Å². The second kappa shape index (κ2) is 8.09. The fraction of sp³-hybridized carbons (Fsp3) is 0.857. The topological polar surface area (TPSA) is 47.1 Å². The van der Waals surface area contributed by atoms with Gasteiger partial charge in [0.2, 0.25) is 5.91 Å². The first kappa shape index (κ1) is 16.8. The number of piperazine rings is 1. The first-order valence-corrected chi connectivity index (χ1v) is 7.45. The van der Waals surface area contributed by atoms with Gasteiger partial charge in [-0.15, -0.1) is 0 Å². The Morgan fingerprint density at radius 3 is 1.90 bits per heavy atom. The van der Waals surface area contributed by atoms with Crippen molar-refractivity contribution in [1.82, 2.24) is 19.6 Å². The Bertz CT molecular complexity index is 321. The lowest BCUT2D eigenvalue weighted by Gasteiger charge is -2.37. The smallest absolute Gasteiger partial charge is 0.320 e. The van der Waals surface area contributed by atoms with Gasteiger partial charge in [-0.25, -0.2) is 4.79 Å². The van der Waals surface area contributed by atoms with E-state index >= 15 is 0 Å². The molecule has 116 valence electrons. The van der Waals surface area contributed by atoms with Crippen LogP contribution in [-0.4, -0.2) is 91.4 Å². The third kappa shape index (κ3) is 4.67. The van der Waals surface area contributed by atoms with Gasteiger partial charge in [-0.3, -0.25) is 4.79 Å². The third-order valence-corrected chi connectivity index (χ3v) is 3.71. The van der Waals surface area contributed by atoms with Crippen molar-refractivity contribution < 1.29 is 9.59 Å². The van der Waals surface area contributed by atoms with Crippen LogP contribution in [0, 0.1) is 0 Å². The normalized spacial score (nSPS) is 15.7. The van der Waals surface area contributed by atoms with Crippen LogP contribution in [0.3, 0.4) is 0 Å². The maximum atomic E-state index is 12.2. The van der Waals surface area contributed by atoms with Crippen LogP contribution in [0.25, 0.3) is 0 Å². The molecule has 0 aliphatic carbocycles. The summed E-state index contributed by atoms with van der Waals surface area (Å²) in [5.74, 6) is 0.189. The van der Waals surface area contributed by atoms with Crippen LogP contribution >= 0.6 is 0 Å². The lowest BCUT2D eigenvalue weighted by atomic mass is 10.2. The summed E-state index contributed by atoms with van der Waals surface area (Å²) in [6.45, 7) is 8.81. The zero-order chi connectivity index (χ0) is 15.1. The highest BCUT2D eigenvalue weighted by molar-refractivity contribution is 5.78. The van der Waals surface area contributed by atoms with E-state index < -0.39 is 0 Å². The number of carbonyl (C=O) groups is 2. The zero-order valence-corrected chi connectivity index (χ0v) is 13.3. The van der Waals surface area contributed by atoms with E-state index in [0.717, 1.165) is 19.6 Å². The molecule has 1 saturated heterocycles. The SMILES string of the molecule is CCN(CC)C(=O)N1CCN(C(=O)CCN(C)C)CC1. The molecule has 6 nitrogen and oxygen atoms in total. The van der Waals surface area contributed by atoms with Crippen molar-refractivity contribution in [3.8, 4) is 0 Å². The molecule has 6 heteroatoms. The highest BCUT2D eigenvalue weighted by Crippen LogP contribution is 2.07. The molecule has 0 radical (unpaired) electrons. The lowest BCUT2D eigenvalue weighted by Crippen LogP contribution is -2.54. The number of amides is 3. The van der Waals surface area contributed by atoms with E-state index in [0.29, 0.717) is 32.6 Å². The molecule has 1 aliphatic heterocycles. The van der Waals surface area contributed by atoms with Crippen molar-refractivity contribution >= 4 is 11.9 Å². The average Bonchev–Trinajstić information content (AvgIpc) is 2.46. The standard InChI is InChI=1S/C14H28N4O2/c1-5-16(6-2)14(20)18-11-9-17(10-12-18)13(19)7-8-15(3)4/h5-12H2,1-4H3. The summed E-state index contributed by atoms with van der Waals surface area (Å²) in [6, 6.07) is 0.0930. The molecule has 0 atom stereocenters. The minimum atomic E-state index is 0.0930. The molecule has 1 aliphatic rings. The minimum absolute atomic E-state index is 0.0930. The number of hydrogen-bond acceptors (Lipinski definition) is 3. The summed E-state index contributed by atoms with van der Waals surface area (Å²) in [6.07, 6.45) is 0.553. The van der Waals surface area contributed by atoms with Gasteiger partial charge in [-0.05, 0) is 27.9 Å². The molecular weight excluding hydrogens is 256 g/mol. The first-order valence-electron chi connectivity index (χ1n) is 7.45. The molecule has 20 heavy (non-hydrogen) atoms. The van der Waals surface area contributed by atoms with Crippen LogP contribution < -0.4 is 0 Å². The molecule has 0 aromatic rings. The van der Waals surface area contributed by atoms with Crippen molar-refractivity contribution in [3.05, 3.63) is 0 Å². The number of nitrogens with zero attached hydrogens (tertiary/aromatic N) is 4. The van der Waals surface area contributed by atoms with Crippen molar-refractivity contribution in [3.63, 3.8) is 0 Å². The number of carbonyl (C=O) groups excluding carboxylic acids is 2. The molecule has 0 aromatic carbocycles. The van der Waals surface area contributed by atoms with E-state index in [-0.39, 0.29) is 11.9 Å². The minimum Gasteiger partial charge on any atom is -0.339 e. The van der Waals surface area contributed by atoms with Gasteiger partial charge in [0, 0.05) is 52.2 Å². The highest BCUT2D eigenvalue weighted by atomic mass is 16.2. The first-order chi connectivity index (χ1) is 9.49. The predicted molar refractivity (Wildman–Crippen MR) is 79.6 cm³/mol. The maximum absolute atomic E-state index is 12.2. The largest absolute Gasteiger partial charge is 0.339 e. The summed E-state index contributed by atoms with van der Waals surface area (Å²) >= 11 is 0. The van der Waals surface area contributed by atoms with Crippen molar-refractivity contribution in [2.24, 2.45) is 0 Å². The number of hydrogen-bond donors (Lipinski definition) is 0. The molecule has 1 fully saturated rings. The van der Waals surface area contributed by atoms with Crippen LogP contribution in [-0.2, 0) is 4.79 Å². The zero-order valence-electron chi connectivity index (χ0n) is 13.3. The highest BCUT2D eigenvalue weighted by Gasteiger charge is 2.25. The molecule has 0 unspecified atom stereocenters. The van der Waals surface area contributed by atoms with Gasteiger partial charge in [-0.2, -0.15) is 0 Å². The summed E-state index contributed by atoms with van der Waals surface area (Å²) in [4.78, 5) is 31.8. The molecular formula is C14H28N4O2. The van der Waals surface area contributed by atoms with E-state index in [1.165, 1.54) is 0 Å². The maximum Gasteiger partial charge on any atom is 0.320 e. The summed E-state index contributed by atoms with van der Waals surface area (Å²) in [5, 5.41) is 0. The monoisotopic (exact) mass is 284 g/mol. The molecule has 1 heterocycles. The Labute approximate surface area is 122 Å². The molecule has 0 bridgehead atoms. The Morgan fingerprint density at radius 1 is 0.950 bits per heavy atom. The van der Waals surface area contributed by atoms with E-state index in [2.05, 4.69) is 0 Å². The molecule has 1 rings (SSSR count). The van der Waals surface area contributed by atoms with Gasteiger partial charge in [0.25, 0.3) is 0 Å². The van der Waals surface area contributed by atoms with Crippen LogP contribution in [0.2, 0.25) is 0 Å². The third-order valence-electron chi connectivity index (χ3n) is 3.71. The summed E-state index contributed by atoms with van der Waals surface area (Å²) < 4.78 is 0. The fourth-order valence-corrected chi connectivity index (χ4v) is 2.32. The van der Waals surface area contributed by atoms with Gasteiger partial charge < -0.3 is 19.6 Å². The van der Waals surface area contributed by atoms with Gasteiger partial charge in [-0.1, -0.05) is 0 Å². The van der Waals surface area contributed by atoms with Gasteiger partial charge in [0.05, 0.1) is 0 Å². The van der Waals surface area contributed by atoms with Crippen LogP contribution in [0.15, 0.2) is 0 Å². The molecule has 0 N–H and O–H groups in total. The van der Waals surface area contributed by atoms with Gasteiger partial charge >= 0.3 is 6.03 Å². The predicted octanol–water partition coefficient (Wildman–Crippen LogP) is 0.544. The fourth-order valence-electron chi connectivity index (χ4n) is 2.32. The second-order valence-corrected chi connectivity index (χ2v) is 5.38. The number of urea groups is 1. The van der Waals surface area contributed by atoms with E-state index in [1.54, 1.807) is 0 Å². The summed E-state index contributed by atoms with van der Waals surface area (Å²) in [7, 11) is 3.93. The molecule has 0 spiro atoms. The van der Waals surface area contributed by atoms with Gasteiger partial charge in [0.15, 0.2) is 0 Å². The average molecular weight is 284 g/mol. The molecule has 3 amide bonds. The van der Waals surface area contributed by atoms with Crippen molar-refractivity contribution in [1.29, 1.82) is 0 Å². The second-order valence-electron chi connectivity index (χ2n) is 5.38. The number of rotatable bonds is 5. The Hall–Kier alpha value is -1.30. The Balaban J connectivity index is 2.39.